The van der Waals surface area contributed by atoms with E-state index in [-0.39, 0.29) is 5.92 Å². The molecule has 10 heteroatoms. The van der Waals surface area contributed by atoms with Crippen molar-refractivity contribution in [3.63, 3.8) is 0 Å². The Bertz CT molecular complexity index is 1320. The molecule has 2 unspecified atom stereocenters. The molecule has 0 amide bonds. The van der Waals surface area contributed by atoms with Crippen LogP contribution >= 0.6 is 54.8 Å². The highest BCUT2D eigenvalue weighted by atomic mass is 79.9. The lowest BCUT2D eigenvalue weighted by molar-refractivity contribution is -0.134. The van der Waals surface area contributed by atoms with Gasteiger partial charge in [0.25, 0.3) is 0 Å². The van der Waals surface area contributed by atoms with Crippen molar-refractivity contribution < 1.29 is 28.5 Å². The van der Waals surface area contributed by atoms with Gasteiger partial charge in [0.05, 0.1) is 26.4 Å². The minimum absolute atomic E-state index is 0.0122. The predicted octanol–water partition coefficient (Wildman–Crippen LogP) is 11.5. The van der Waals surface area contributed by atoms with Gasteiger partial charge >= 0.3 is 11.9 Å². The number of hydrogen-bond donors (Lipinski definition) is 0. The number of carbonyl (C=O) groups excluding carboxylic acids is 2. The van der Waals surface area contributed by atoms with Crippen molar-refractivity contribution >= 4 is 66.7 Å². The molecule has 0 aliphatic rings. The lowest BCUT2D eigenvalue weighted by Gasteiger charge is -2.15. The van der Waals surface area contributed by atoms with E-state index in [1.54, 1.807) is 59.9 Å². The van der Waals surface area contributed by atoms with Crippen LogP contribution in [0.2, 0.25) is 0 Å². The van der Waals surface area contributed by atoms with E-state index in [1.165, 1.54) is 50.5 Å². The number of hydrogen-bond acceptors (Lipinski definition) is 7. The van der Waals surface area contributed by atoms with Gasteiger partial charge in [-0.3, -0.25) is 4.79 Å². The van der Waals surface area contributed by atoms with Gasteiger partial charge in [-0.1, -0.05) is 71.6 Å². The summed E-state index contributed by atoms with van der Waals surface area (Å²) in [6.07, 6.45) is 13.0. The van der Waals surface area contributed by atoms with Crippen molar-refractivity contribution in [3.8, 4) is 17.2 Å². The van der Waals surface area contributed by atoms with Gasteiger partial charge in [-0.05, 0) is 105 Å². The van der Waals surface area contributed by atoms with Crippen LogP contribution in [-0.4, -0.2) is 30.5 Å². The topological polar surface area (TPSA) is 71.1 Å². The Morgan fingerprint density at radius 2 is 1.28 bits per heavy atom. The summed E-state index contributed by atoms with van der Waals surface area (Å²) in [5, 5.41) is -0.712. The van der Waals surface area contributed by atoms with Crippen LogP contribution < -0.4 is 14.2 Å². The first kappa shape index (κ1) is 38.5. The van der Waals surface area contributed by atoms with E-state index >= 15 is 0 Å². The molecule has 3 aromatic rings. The Balaban J connectivity index is 1.17. The molecular weight excluding hydrogens is 756 g/mol. The molecule has 0 fully saturated rings. The molecule has 0 saturated carbocycles. The molecule has 0 bridgehead atoms. The number of thiophene rings is 1. The van der Waals surface area contributed by atoms with Crippen LogP contribution in [0.4, 0.5) is 0 Å². The summed E-state index contributed by atoms with van der Waals surface area (Å²) in [4.78, 5) is 24.7. The maximum atomic E-state index is 12.6. The highest BCUT2D eigenvalue weighted by Crippen LogP contribution is 2.32. The highest BCUT2D eigenvalue weighted by molar-refractivity contribution is 9.12. The molecule has 2 aromatic carbocycles. The summed E-state index contributed by atoms with van der Waals surface area (Å²) >= 11 is 14.9. The van der Waals surface area contributed by atoms with Gasteiger partial charge in [0.15, 0.2) is 0 Å². The lowest BCUT2D eigenvalue weighted by Crippen LogP contribution is -2.26. The molecule has 0 radical (unpaired) electrons. The zero-order chi connectivity index (χ0) is 33.1. The lowest BCUT2D eigenvalue weighted by atomic mass is 10.1. The van der Waals surface area contributed by atoms with Gasteiger partial charge in [-0.15, -0.1) is 22.9 Å². The van der Waals surface area contributed by atoms with Crippen molar-refractivity contribution in [2.45, 2.75) is 96.5 Å². The number of ether oxygens (including phenoxy) is 4. The third-order valence-electron chi connectivity index (χ3n) is 7.65. The van der Waals surface area contributed by atoms with Crippen molar-refractivity contribution in [2.24, 2.45) is 5.92 Å². The van der Waals surface area contributed by atoms with Crippen LogP contribution in [0.25, 0.3) is 0 Å². The number of benzene rings is 2. The van der Waals surface area contributed by atoms with Gasteiger partial charge in [0.1, 0.15) is 22.6 Å². The van der Waals surface area contributed by atoms with Crippen LogP contribution in [0.3, 0.4) is 0 Å². The smallest absolute Gasteiger partial charge is 0.343 e. The summed E-state index contributed by atoms with van der Waals surface area (Å²) in [6.45, 7) is 6.02. The predicted molar refractivity (Wildman–Crippen MR) is 194 cm³/mol. The van der Waals surface area contributed by atoms with Crippen molar-refractivity contribution in [2.75, 3.05) is 13.2 Å². The molecule has 0 saturated heterocycles. The Morgan fingerprint density at radius 3 is 1.83 bits per heavy atom. The van der Waals surface area contributed by atoms with Crippen molar-refractivity contribution in [3.05, 3.63) is 73.3 Å². The van der Waals surface area contributed by atoms with Gasteiger partial charge < -0.3 is 18.9 Å². The molecule has 1 aromatic heterocycles. The first-order chi connectivity index (χ1) is 22.3. The number of alkyl halides is 1. The zero-order valence-electron chi connectivity index (χ0n) is 26.7. The summed E-state index contributed by atoms with van der Waals surface area (Å²) in [5.74, 6) is 0.467. The first-order valence-electron chi connectivity index (χ1n) is 16.2. The molecule has 1 heterocycles. The number of rotatable bonds is 22. The van der Waals surface area contributed by atoms with E-state index in [9.17, 15) is 9.59 Å². The second-order valence-corrected chi connectivity index (χ2v) is 15.6. The fraction of sp³-hybridized carbons (Fsp3) is 0.500. The number of unbranched alkanes of at least 4 members (excludes halogenated alkanes) is 9. The SMILES string of the molecule is CCC(C)C(Cl)C(=O)Oc1ccc(OC(=O)c2ccc(OCCCCCCCCCCCCOCc3cc(Br)sc3Br)cc2)cc1. The molecule has 0 spiro atoms. The average molecular weight is 801 g/mol. The molecule has 3 rings (SSSR count). The molecular formula is C36H45Br2ClO6S. The largest absolute Gasteiger partial charge is 0.494 e. The summed E-state index contributed by atoms with van der Waals surface area (Å²) in [7, 11) is 0. The standard InChI is InChI=1S/C36H45Br2ClO6S/c1-3-26(2)33(39)36(41)45-31-20-18-30(19-21-31)44-35(40)27-14-16-29(17-15-27)43-23-13-11-9-7-5-4-6-8-10-12-22-42-25-28-24-32(37)46-34(28)38/h14-21,24,26,33H,3-13,22-23,25H2,1-2H3. The average Bonchev–Trinajstić information content (AvgIpc) is 3.39. The van der Waals surface area contributed by atoms with Gasteiger partial charge in [-0.2, -0.15) is 0 Å². The molecule has 0 aliphatic heterocycles. The van der Waals surface area contributed by atoms with E-state index in [0.717, 1.165) is 45.6 Å². The van der Waals surface area contributed by atoms with Crippen LogP contribution in [0.15, 0.2) is 62.2 Å². The third-order valence-corrected chi connectivity index (χ3v) is 10.7. The van der Waals surface area contributed by atoms with Crippen molar-refractivity contribution in [1.82, 2.24) is 0 Å². The number of esters is 2. The normalized spacial score (nSPS) is 12.5. The van der Waals surface area contributed by atoms with Gasteiger partial charge in [0, 0.05) is 12.2 Å². The van der Waals surface area contributed by atoms with E-state index in [2.05, 4.69) is 37.9 Å². The van der Waals surface area contributed by atoms with E-state index in [1.807, 2.05) is 13.8 Å². The summed E-state index contributed by atoms with van der Waals surface area (Å²) in [5.41, 5.74) is 1.63. The Morgan fingerprint density at radius 1 is 0.761 bits per heavy atom. The molecule has 252 valence electrons. The molecule has 0 aliphatic carbocycles. The zero-order valence-corrected chi connectivity index (χ0v) is 31.5. The third kappa shape index (κ3) is 14.5. The van der Waals surface area contributed by atoms with Crippen molar-refractivity contribution in [1.29, 1.82) is 0 Å². The highest BCUT2D eigenvalue weighted by Gasteiger charge is 2.23. The van der Waals surface area contributed by atoms with Crippen LogP contribution in [-0.2, 0) is 16.1 Å². The van der Waals surface area contributed by atoms with Crippen LogP contribution in [0.1, 0.15) is 100 Å². The molecule has 6 nitrogen and oxygen atoms in total. The molecule has 2 atom stereocenters. The van der Waals surface area contributed by atoms with Crippen LogP contribution in [0, 0.1) is 5.92 Å². The second kappa shape index (κ2) is 21.9. The molecule has 0 N–H and O–H groups in total. The van der Waals surface area contributed by atoms with Gasteiger partial charge in [0.2, 0.25) is 0 Å². The van der Waals surface area contributed by atoms with E-state index in [4.69, 9.17) is 30.5 Å². The maximum absolute atomic E-state index is 12.6. The van der Waals surface area contributed by atoms with Crippen LogP contribution in [0.5, 0.6) is 17.2 Å². The van der Waals surface area contributed by atoms with Gasteiger partial charge in [-0.25, -0.2) is 4.79 Å². The minimum atomic E-state index is -0.712. The summed E-state index contributed by atoms with van der Waals surface area (Å²) in [6, 6.07) is 15.4. The first-order valence-corrected chi connectivity index (χ1v) is 19.0. The number of halogens is 3. The Labute approximate surface area is 299 Å². The number of carbonyl (C=O) groups is 2. The minimum Gasteiger partial charge on any atom is -0.494 e. The molecule has 46 heavy (non-hydrogen) atoms. The quantitative estimate of drug-likeness (QED) is 0.0436. The summed E-state index contributed by atoms with van der Waals surface area (Å²) < 4.78 is 24.7. The maximum Gasteiger partial charge on any atom is 0.343 e. The van der Waals surface area contributed by atoms with E-state index < -0.39 is 17.3 Å². The Kier molecular flexibility index (Phi) is 18.3. The monoisotopic (exact) mass is 798 g/mol. The fourth-order valence-corrected chi connectivity index (χ4v) is 7.62. The Hall–Kier alpha value is -1.91. The second-order valence-electron chi connectivity index (χ2n) is 11.4. The van der Waals surface area contributed by atoms with E-state index in [0.29, 0.717) is 30.3 Å². The fourth-order valence-electron chi connectivity index (χ4n) is 4.61.